The summed E-state index contributed by atoms with van der Waals surface area (Å²) in [5.74, 6) is 0.680. The molecule has 4 heteroatoms. The van der Waals surface area contributed by atoms with E-state index in [0.717, 1.165) is 16.8 Å². The van der Waals surface area contributed by atoms with Gasteiger partial charge in [0.15, 0.2) is 6.61 Å². The molecule has 108 valence electrons. The van der Waals surface area contributed by atoms with Crippen molar-refractivity contribution in [3.05, 3.63) is 59.7 Å². The van der Waals surface area contributed by atoms with Crippen molar-refractivity contribution in [3.8, 4) is 11.8 Å². The maximum Gasteiger partial charge on any atom is 0.174 e. The number of para-hydroxylation sites is 1. The predicted molar refractivity (Wildman–Crippen MR) is 82.0 cm³/mol. The third kappa shape index (κ3) is 4.23. The van der Waals surface area contributed by atoms with Crippen LogP contribution < -0.4 is 10.1 Å². The largest absolute Gasteiger partial charge is 0.479 e. The molecule has 0 spiro atoms. The van der Waals surface area contributed by atoms with E-state index in [1.807, 2.05) is 54.6 Å². The number of aliphatic hydroxyl groups excluding tert-OH is 1. The van der Waals surface area contributed by atoms with Gasteiger partial charge in [-0.25, -0.2) is 0 Å². The van der Waals surface area contributed by atoms with Gasteiger partial charge >= 0.3 is 0 Å². The van der Waals surface area contributed by atoms with Crippen LogP contribution in [0.4, 0.5) is 5.69 Å². The van der Waals surface area contributed by atoms with Crippen LogP contribution in [0.2, 0.25) is 0 Å². The summed E-state index contributed by atoms with van der Waals surface area (Å²) in [5.41, 5.74) is 2.83. The highest BCUT2D eigenvalue weighted by molar-refractivity contribution is 5.52. The fourth-order valence-electron chi connectivity index (χ4n) is 2.08. The van der Waals surface area contributed by atoms with E-state index in [1.54, 1.807) is 6.92 Å². The zero-order chi connectivity index (χ0) is 15.1. The van der Waals surface area contributed by atoms with Crippen molar-refractivity contribution in [2.45, 2.75) is 19.6 Å². The second kappa shape index (κ2) is 7.32. The summed E-state index contributed by atoms with van der Waals surface area (Å²) in [5, 5.41) is 21.6. The Bertz CT molecular complexity index is 633. The van der Waals surface area contributed by atoms with Gasteiger partial charge in [-0.3, -0.25) is 0 Å². The van der Waals surface area contributed by atoms with Crippen LogP contribution in [-0.4, -0.2) is 11.7 Å². The van der Waals surface area contributed by atoms with Gasteiger partial charge in [-0.05, 0) is 30.7 Å². The summed E-state index contributed by atoms with van der Waals surface area (Å²) >= 11 is 0. The molecule has 2 N–H and O–H groups in total. The lowest BCUT2D eigenvalue weighted by atomic mass is 10.1. The Morgan fingerprint density at radius 3 is 2.81 bits per heavy atom. The van der Waals surface area contributed by atoms with Crippen LogP contribution in [0.15, 0.2) is 48.5 Å². The van der Waals surface area contributed by atoms with Gasteiger partial charge in [0.25, 0.3) is 0 Å². The molecule has 1 unspecified atom stereocenters. The Balaban J connectivity index is 2.05. The lowest BCUT2D eigenvalue weighted by Gasteiger charge is -2.14. The van der Waals surface area contributed by atoms with Crippen molar-refractivity contribution >= 4 is 5.69 Å². The summed E-state index contributed by atoms with van der Waals surface area (Å²) in [6, 6.07) is 17.2. The molecule has 0 fully saturated rings. The second-order valence-corrected chi connectivity index (χ2v) is 4.71. The maximum atomic E-state index is 9.75. The number of anilines is 1. The number of ether oxygens (including phenoxy) is 1. The Hall–Kier alpha value is -2.51. The van der Waals surface area contributed by atoms with E-state index in [-0.39, 0.29) is 6.61 Å². The SMILES string of the molecule is CC(O)c1ccccc1NCc1cccc(OCC#N)c1. The average molecular weight is 282 g/mol. The molecule has 0 radical (unpaired) electrons. The number of benzene rings is 2. The van der Waals surface area contributed by atoms with Crippen LogP contribution in [0.5, 0.6) is 5.75 Å². The van der Waals surface area contributed by atoms with E-state index in [1.165, 1.54) is 0 Å². The Labute approximate surface area is 124 Å². The lowest BCUT2D eigenvalue weighted by Crippen LogP contribution is -2.04. The summed E-state index contributed by atoms with van der Waals surface area (Å²) in [6.45, 7) is 2.41. The molecule has 0 heterocycles. The van der Waals surface area contributed by atoms with Crippen molar-refractivity contribution in [1.82, 2.24) is 0 Å². The fraction of sp³-hybridized carbons (Fsp3) is 0.235. The predicted octanol–water partition coefficient (Wildman–Crippen LogP) is 3.25. The monoisotopic (exact) mass is 282 g/mol. The van der Waals surface area contributed by atoms with Crippen molar-refractivity contribution in [2.24, 2.45) is 0 Å². The summed E-state index contributed by atoms with van der Waals surface area (Å²) in [4.78, 5) is 0. The molecule has 2 rings (SSSR count). The quantitative estimate of drug-likeness (QED) is 0.853. The Morgan fingerprint density at radius 2 is 2.05 bits per heavy atom. The number of aliphatic hydroxyl groups is 1. The maximum absolute atomic E-state index is 9.75. The molecule has 0 aromatic heterocycles. The molecule has 0 amide bonds. The lowest BCUT2D eigenvalue weighted by molar-refractivity contribution is 0.200. The van der Waals surface area contributed by atoms with Crippen LogP contribution in [0, 0.1) is 11.3 Å². The van der Waals surface area contributed by atoms with E-state index in [0.29, 0.717) is 12.3 Å². The van der Waals surface area contributed by atoms with Crippen molar-refractivity contribution < 1.29 is 9.84 Å². The van der Waals surface area contributed by atoms with Gasteiger partial charge < -0.3 is 15.2 Å². The molecule has 21 heavy (non-hydrogen) atoms. The van der Waals surface area contributed by atoms with E-state index < -0.39 is 6.10 Å². The molecule has 2 aromatic carbocycles. The molecule has 0 saturated heterocycles. The standard InChI is InChI=1S/C17H18N2O2/c1-13(20)16-7-2-3-8-17(16)19-12-14-5-4-6-15(11-14)21-10-9-18/h2-8,11,13,19-20H,10,12H2,1H3. The highest BCUT2D eigenvalue weighted by atomic mass is 16.5. The van der Waals surface area contributed by atoms with Gasteiger partial charge in [0.1, 0.15) is 11.8 Å². The Kier molecular flexibility index (Phi) is 5.19. The van der Waals surface area contributed by atoms with Crippen LogP contribution in [0.1, 0.15) is 24.2 Å². The van der Waals surface area contributed by atoms with E-state index in [2.05, 4.69) is 5.32 Å². The topological polar surface area (TPSA) is 65.3 Å². The van der Waals surface area contributed by atoms with Crippen LogP contribution >= 0.6 is 0 Å². The average Bonchev–Trinajstić information content (AvgIpc) is 2.51. The zero-order valence-corrected chi connectivity index (χ0v) is 11.9. The molecule has 0 aliphatic carbocycles. The molecule has 4 nitrogen and oxygen atoms in total. The van der Waals surface area contributed by atoms with Gasteiger partial charge in [0.05, 0.1) is 6.10 Å². The minimum atomic E-state index is -0.515. The van der Waals surface area contributed by atoms with Gasteiger partial charge in [0.2, 0.25) is 0 Å². The van der Waals surface area contributed by atoms with Gasteiger partial charge in [-0.15, -0.1) is 0 Å². The van der Waals surface area contributed by atoms with E-state index >= 15 is 0 Å². The second-order valence-electron chi connectivity index (χ2n) is 4.71. The first-order valence-electron chi connectivity index (χ1n) is 6.80. The van der Waals surface area contributed by atoms with Gasteiger partial charge in [-0.1, -0.05) is 30.3 Å². The molecular weight excluding hydrogens is 264 g/mol. The van der Waals surface area contributed by atoms with Gasteiger partial charge in [-0.2, -0.15) is 5.26 Å². The first-order chi connectivity index (χ1) is 10.2. The highest BCUT2D eigenvalue weighted by Crippen LogP contribution is 2.23. The van der Waals surface area contributed by atoms with Crippen LogP contribution in [0.3, 0.4) is 0 Å². The number of rotatable bonds is 6. The minimum Gasteiger partial charge on any atom is -0.479 e. The normalized spacial score (nSPS) is 11.5. The summed E-state index contributed by atoms with van der Waals surface area (Å²) in [6.07, 6.45) is -0.515. The van der Waals surface area contributed by atoms with E-state index in [9.17, 15) is 5.11 Å². The number of nitrogens with zero attached hydrogens (tertiary/aromatic N) is 1. The number of nitriles is 1. The first-order valence-corrected chi connectivity index (χ1v) is 6.80. The van der Waals surface area contributed by atoms with Crippen molar-refractivity contribution in [3.63, 3.8) is 0 Å². The molecule has 2 aromatic rings. The first kappa shape index (κ1) is 14.9. The molecular formula is C17H18N2O2. The Morgan fingerprint density at radius 1 is 1.24 bits per heavy atom. The number of hydrogen-bond acceptors (Lipinski definition) is 4. The fourth-order valence-corrected chi connectivity index (χ4v) is 2.08. The van der Waals surface area contributed by atoms with Crippen molar-refractivity contribution in [1.29, 1.82) is 5.26 Å². The molecule has 1 atom stereocenters. The summed E-state index contributed by atoms with van der Waals surface area (Å²) in [7, 11) is 0. The molecule has 0 aliphatic heterocycles. The highest BCUT2D eigenvalue weighted by Gasteiger charge is 2.06. The zero-order valence-electron chi connectivity index (χ0n) is 11.9. The third-order valence-corrected chi connectivity index (χ3v) is 3.10. The number of hydrogen-bond donors (Lipinski definition) is 2. The summed E-state index contributed by atoms with van der Waals surface area (Å²) < 4.78 is 5.28. The number of nitrogens with one attached hydrogen (secondary N) is 1. The minimum absolute atomic E-state index is 0.0434. The molecule has 0 aliphatic rings. The van der Waals surface area contributed by atoms with Crippen LogP contribution in [-0.2, 0) is 6.54 Å². The van der Waals surface area contributed by atoms with Crippen molar-refractivity contribution in [2.75, 3.05) is 11.9 Å². The molecule has 0 bridgehead atoms. The molecule has 0 saturated carbocycles. The van der Waals surface area contributed by atoms with Crippen LogP contribution in [0.25, 0.3) is 0 Å². The van der Waals surface area contributed by atoms with E-state index in [4.69, 9.17) is 10.00 Å². The smallest absolute Gasteiger partial charge is 0.174 e. The third-order valence-electron chi connectivity index (χ3n) is 3.10. The van der Waals surface area contributed by atoms with Gasteiger partial charge in [0, 0.05) is 17.8 Å².